The minimum absolute atomic E-state index is 0.140. The van der Waals surface area contributed by atoms with Crippen LogP contribution < -0.4 is 4.74 Å². The van der Waals surface area contributed by atoms with Gasteiger partial charge in [0, 0.05) is 10.4 Å². The second kappa shape index (κ2) is 6.50. The molecule has 2 aromatic carbocycles. The summed E-state index contributed by atoms with van der Waals surface area (Å²) < 4.78 is 5.28. The molecule has 0 atom stereocenters. The number of ether oxygens (including phenoxy) is 1. The van der Waals surface area contributed by atoms with Crippen molar-refractivity contribution in [2.24, 2.45) is 10.2 Å². The molecule has 7 heteroatoms. The Morgan fingerprint density at radius 1 is 1.22 bits per heavy atom. The van der Waals surface area contributed by atoms with Gasteiger partial charge in [-0.3, -0.25) is 4.79 Å². The number of carbonyl (C=O) groups is 1. The first-order chi connectivity index (χ1) is 11.1. The summed E-state index contributed by atoms with van der Waals surface area (Å²) in [6.07, 6.45) is 0. The maximum Gasteiger partial charge on any atom is 0.302 e. The van der Waals surface area contributed by atoms with E-state index < -0.39 is 5.91 Å². The zero-order valence-corrected chi connectivity index (χ0v) is 12.6. The normalized spacial score (nSPS) is 11.2. The Hall–Kier alpha value is -2.86. The van der Waals surface area contributed by atoms with Gasteiger partial charge in [-0.05, 0) is 24.3 Å². The third-order valence-electron chi connectivity index (χ3n) is 3.08. The number of carbonyl (C=O) groups excluding carboxylic acids is 1. The van der Waals surface area contributed by atoms with Gasteiger partial charge in [-0.1, -0.05) is 35.9 Å². The van der Waals surface area contributed by atoms with Crippen molar-refractivity contribution < 1.29 is 14.6 Å². The number of nitrogens with one attached hydrogen (secondary N) is 1. The van der Waals surface area contributed by atoms with E-state index in [4.69, 9.17) is 16.3 Å². The van der Waals surface area contributed by atoms with Crippen LogP contribution >= 0.6 is 11.6 Å². The highest BCUT2D eigenvalue weighted by Gasteiger charge is 2.10. The standard InChI is InChI=1S/C16H12ClN3O3/c17-10-4-3-5-11(8-10)23-9-14(21)19-20-15-12-6-1-2-7-13(12)18-16(15)22/h1-8,18,22H,9H2. The highest BCUT2D eigenvalue weighted by molar-refractivity contribution is 6.30. The van der Waals surface area contributed by atoms with E-state index in [0.717, 1.165) is 0 Å². The largest absolute Gasteiger partial charge is 0.493 e. The predicted molar refractivity (Wildman–Crippen MR) is 86.4 cm³/mol. The van der Waals surface area contributed by atoms with Gasteiger partial charge in [-0.2, -0.15) is 0 Å². The molecular formula is C16H12ClN3O3. The zero-order valence-electron chi connectivity index (χ0n) is 11.9. The van der Waals surface area contributed by atoms with Crippen molar-refractivity contribution in [2.45, 2.75) is 0 Å². The van der Waals surface area contributed by atoms with Crippen LogP contribution in [-0.2, 0) is 4.79 Å². The second-order valence-corrected chi connectivity index (χ2v) is 5.14. The number of fused-ring (bicyclic) bond motifs is 1. The molecule has 1 amide bonds. The molecule has 23 heavy (non-hydrogen) atoms. The summed E-state index contributed by atoms with van der Waals surface area (Å²) in [6, 6.07) is 13.9. The smallest absolute Gasteiger partial charge is 0.302 e. The highest BCUT2D eigenvalue weighted by atomic mass is 35.5. The maximum atomic E-state index is 11.7. The minimum atomic E-state index is -0.574. The van der Waals surface area contributed by atoms with Crippen LogP contribution in [0.3, 0.4) is 0 Å². The predicted octanol–water partition coefficient (Wildman–Crippen LogP) is 4.22. The molecule has 0 radical (unpaired) electrons. The molecule has 0 saturated carbocycles. The number of amides is 1. The number of benzene rings is 2. The number of para-hydroxylation sites is 1. The Morgan fingerprint density at radius 3 is 2.87 bits per heavy atom. The quantitative estimate of drug-likeness (QED) is 0.702. The second-order valence-electron chi connectivity index (χ2n) is 4.71. The Bertz CT molecular complexity index is 889. The number of H-pyrrole nitrogens is 1. The fourth-order valence-corrected chi connectivity index (χ4v) is 2.23. The fraction of sp³-hybridized carbons (Fsp3) is 0.0625. The van der Waals surface area contributed by atoms with Crippen LogP contribution in [0.2, 0.25) is 5.02 Å². The molecule has 116 valence electrons. The average molecular weight is 330 g/mol. The van der Waals surface area contributed by atoms with E-state index in [1.54, 1.807) is 42.5 Å². The lowest BCUT2D eigenvalue weighted by atomic mass is 10.2. The van der Waals surface area contributed by atoms with Crippen molar-refractivity contribution in [3.05, 3.63) is 53.6 Å². The van der Waals surface area contributed by atoms with Crippen molar-refractivity contribution in [3.8, 4) is 11.6 Å². The molecule has 0 aliphatic carbocycles. The monoisotopic (exact) mass is 329 g/mol. The molecule has 0 unspecified atom stereocenters. The lowest BCUT2D eigenvalue weighted by molar-refractivity contribution is -0.120. The summed E-state index contributed by atoms with van der Waals surface area (Å²) >= 11 is 5.82. The third-order valence-corrected chi connectivity index (χ3v) is 3.31. The van der Waals surface area contributed by atoms with Crippen LogP contribution in [0.4, 0.5) is 5.69 Å². The molecule has 0 spiro atoms. The Morgan fingerprint density at radius 2 is 2.04 bits per heavy atom. The molecule has 2 N–H and O–H groups in total. The van der Waals surface area contributed by atoms with Crippen molar-refractivity contribution in [3.63, 3.8) is 0 Å². The van der Waals surface area contributed by atoms with Crippen molar-refractivity contribution in [1.29, 1.82) is 0 Å². The van der Waals surface area contributed by atoms with E-state index in [0.29, 0.717) is 21.7 Å². The minimum Gasteiger partial charge on any atom is -0.493 e. The van der Waals surface area contributed by atoms with Crippen LogP contribution in [0, 0.1) is 0 Å². The summed E-state index contributed by atoms with van der Waals surface area (Å²) in [5, 5.41) is 18.4. The maximum absolute atomic E-state index is 11.7. The first-order valence-electron chi connectivity index (χ1n) is 6.76. The van der Waals surface area contributed by atoms with E-state index in [-0.39, 0.29) is 18.2 Å². The van der Waals surface area contributed by atoms with Crippen LogP contribution in [0.1, 0.15) is 0 Å². The molecule has 0 saturated heterocycles. The number of aromatic amines is 1. The number of rotatable bonds is 4. The molecule has 6 nitrogen and oxygen atoms in total. The molecule has 0 bridgehead atoms. The van der Waals surface area contributed by atoms with Gasteiger partial charge in [0.15, 0.2) is 12.3 Å². The number of aromatic hydroxyl groups is 1. The van der Waals surface area contributed by atoms with Gasteiger partial charge in [-0.25, -0.2) is 0 Å². The van der Waals surface area contributed by atoms with Crippen LogP contribution in [0.15, 0.2) is 58.8 Å². The van der Waals surface area contributed by atoms with Crippen LogP contribution in [0.5, 0.6) is 11.6 Å². The first kappa shape index (κ1) is 15.1. The number of nitrogens with zero attached hydrogens (tertiary/aromatic N) is 2. The van der Waals surface area contributed by atoms with E-state index in [1.165, 1.54) is 0 Å². The van der Waals surface area contributed by atoms with Crippen LogP contribution in [-0.4, -0.2) is 22.6 Å². The molecule has 1 heterocycles. The molecule has 0 aliphatic heterocycles. The van der Waals surface area contributed by atoms with Gasteiger partial charge in [-0.15, -0.1) is 10.2 Å². The molecular weight excluding hydrogens is 318 g/mol. The van der Waals surface area contributed by atoms with Gasteiger partial charge in [0.2, 0.25) is 5.88 Å². The first-order valence-corrected chi connectivity index (χ1v) is 7.14. The number of azo groups is 1. The summed E-state index contributed by atoms with van der Waals surface area (Å²) in [5.41, 5.74) is 0.929. The van der Waals surface area contributed by atoms with Gasteiger partial charge in [0.05, 0.1) is 5.52 Å². The topological polar surface area (TPSA) is 87.0 Å². The van der Waals surface area contributed by atoms with E-state index >= 15 is 0 Å². The third kappa shape index (κ3) is 3.49. The highest BCUT2D eigenvalue weighted by Crippen LogP contribution is 2.35. The lowest BCUT2D eigenvalue weighted by Crippen LogP contribution is -2.07. The van der Waals surface area contributed by atoms with Gasteiger partial charge in [0.25, 0.3) is 0 Å². The van der Waals surface area contributed by atoms with E-state index in [9.17, 15) is 9.90 Å². The van der Waals surface area contributed by atoms with Gasteiger partial charge < -0.3 is 14.8 Å². The van der Waals surface area contributed by atoms with E-state index in [2.05, 4.69) is 15.2 Å². The van der Waals surface area contributed by atoms with Gasteiger partial charge in [0.1, 0.15) is 5.75 Å². The number of aromatic nitrogens is 1. The average Bonchev–Trinajstić information content (AvgIpc) is 2.86. The lowest BCUT2D eigenvalue weighted by Gasteiger charge is -2.02. The number of halogens is 1. The van der Waals surface area contributed by atoms with Crippen molar-refractivity contribution in [1.82, 2.24) is 4.98 Å². The van der Waals surface area contributed by atoms with Gasteiger partial charge >= 0.3 is 5.91 Å². The van der Waals surface area contributed by atoms with Crippen LogP contribution in [0.25, 0.3) is 10.9 Å². The molecule has 0 aliphatic rings. The summed E-state index contributed by atoms with van der Waals surface area (Å²) in [7, 11) is 0. The molecule has 1 aromatic heterocycles. The SMILES string of the molecule is O=C(COc1cccc(Cl)c1)N=Nc1c(O)[nH]c2ccccc12. The molecule has 3 aromatic rings. The summed E-state index contributed by atoms with van der Waals surface area (Å²) in [4.78, 5) is 14.5. The fourth-order valence-electron chi connectivity index (χ4n) is 2.05. The van der Waals surface area contributed by atoms with Crippen molar-refractivity contribution >= 4 is 34.1 Å². The number of hydrogen-bond donors (Lipinski definition) is 2. The Balaban J connectivity index is 1.69. The summed E-state index contributed by atoms with van der Waals surface area (Å²) in [5.74, 6) is -0.246. The Kier molecular flexibility index (Phi) is 4.25. The molecule has 0 fully saturated rings. The summed E-state index contributed by atoms with van der Waals surface area (Å²) in [6.45, 7) is -0.271. The van der Waals surface area contributed by atoms with E-state index in [1.807, 2.05) is 6.07 Å². The molecule has 3 rings (SSSR count). The number of hydrogen-bond acceptors (Lipinski definition) is 4. The van der Waals surface area contributed by atoms with Crippen molar-refractivity contribution in [2.75, 3.05) is 6.61 Å². The zero-order chi connectivity index (χ0) is 16.2. The Labute approximate surface area is 136 Å².